The molecule has 0 aliphatic carbocycles. The van der Waals surface area contributed by atoms with Crippen LogP contribution in [0.3, 0.4) is 0 Å². The Bertz CT molecular complexity index is 281. The van der Waals surface area contributed by atoms with E-state index in [4.69, 9.17) is 5.11 Å². The predicted octanol–water partition coefficient (Wildman–Crippen LogP) is 1.19. The number of carbonyl (C=O) groups excluding carboxylic acids is 1. The smallest absolute Gasteiger partial charge is 0.417 e. The van der Waals surface area contributed by atoms with Gasteiger partial charge in [-0.2, -0.15) is 0 Å². The number of rotatable bonds is 2. The van der Waals surface area contributed by atoms with E-state index >= 15 is 0 Å². The minimum absolute atomic E-state index is 0.0298. The van der Waals surface area contributed by atoms with Gasteiger partial charge in [0, 0.05) is 18.3 Å². The van der Waals surface area contributed by atoms with Gasteiger partial charge in [0.1, 0.15) is 0 Å². The number of ether oxygens (including phenoxy) is 1. The second-order valence-corrected chi connectivity index (χ2v) is 2.82. The Labute approximate surface area is 81.3 Å². The van der Waals surface area contributed by atoms with Crippen molar-refractivity contribution >= 4 is 12.1 Å². The summed E-state index contributed by atoms with van der Waals surface area (Å²) < 4.78 is 4.47. The van der Waals surface area contributed by atoms with Gasteiger partial charge in [0.2, 0.25) is 0 Å². The number of aliphatic carboxylic acids is 1. The van der Waals surface area contributed by atoms with E-state index in [0.717, 1.165) is 0 Å². The average Bonchev–Trinajstić information content (AvgIpc) is 2.17. The van der Waals surface area contributed by atoms with Crippen LogP contribution in [0.15, 0.2) is 24.6 Å². The first kappa shape index (κ1) is 10.3. The Morgan fingerprint density at radius 2 is 2.00 bits per heavy atom. The molecular formula is C9H11NO4. The third kappa shape index (κ3) is 2.62. The lowest BCUT2D eigenvalue weighted by Crippen LogP contribution is -2.22. The van der Waals surface area contributed by atoms with Crippen LogP contribution in [-0.2, 0) is 9.53 Å². The van der Waals surface area contributed by atoms with E-state index in [1.54, 1.807) is 12.2 Å². The van der Waals surface area contributed by atoms with E-state index in [0.29, 0.717) is 0 Å². The standard InChI is InChI=1S/C9H11NO4/c1-14-9(13)10-4-2-7(3-5-10)6-8(11)12/h2-5,7H,6H2,1H3,(H,11,12). The Morgan fingerprint density at radius 3 is 2.43 bits per heavy atom. The maximum atomic E-state index is 11.0. The van der Waals surface area contributed by atoms with Gasteiger partial charge in [-0.25, -0.2) is 4.79 Å². The van der Waals surface area contributed by atoms with E-state index < -0.39 is 12.1 Å². The van der Waals surface area contributed by atoms with Gasteiger partial charge in [0.15, 0.2) is 0 Å². The molecule has 1 amide bonds. The third-order valence-corrected chi connectivity index (χ3v) is 1.78. The number of allylic oxidation sites excluding steroid dienone is 2. The van der Waals surface area contributed by atoms with Crippen molar-refractivity contribution in [3.05, 3.63) is 24.6 Å². The first-order valence-electron chi connectivity index (χ1n) is 4.08. The van der Waals surface area contributed by atoms with Crippen molar-refractivity contribution in [2.24, 2.45) is 5.92 Å². The van der Waals surface area contributed by atoms with Crippen LogP contribution in [-0.4, -0.2) is 29.2 Å². The topological polar surface area (TPSA) is 66.8 Å². The summed E-state index contributed by atoms with van der Waals surface area (Å²) in [6.45, 7) is 0. The van der Waals surface area contributed by atoms with Crippen LogP contribution in [0.2, 0.25) is 0 Å². The van der Waals surface area contributed by atoms with Gasteiger partial charge in [-0.1, -0.05) is 12.2 Å². The fourth-order valence-corrected chi connectivity index (χ4v) is 1.09. The van der Waals surface area contributed by atoms with E-state index in [1.807, 2.05) is 0 Å². The van der Waals surface area contributed by atoms with Crippen LogP contribution in [0.1, 0.15) is 6.42 Å². The van der Waals surface area contributed by atoms with Crippen LogP contribution in [0.25, 0.3) is 0 Å². The first-order chi connectivity index (χ1) is 6.63. The Kier molecular flexibility index (Phi) is 3.28. The highest BCUT2D eigenvalue weighted by molar-refractivity contribution is 5.71. The number of carboxylic acids is 1. The molecule has 14 heavy (non-hydrogen) atoms. The summed E-state index contributed by atoms with van der Waals surface area (Å²) in [6, 6.07) is 0. The number of methoxy groups -OCH3 is 1. The van der Waals surface area contributed by atoms with Crippen molar-refractivity contribution < 1.29 is 19.4 Å². The number of carbonyl (C=O) groups is 2. The molecule has 0 aromatic rings. The average molecular weight is 197 g/mol. The van der Waals surface area contributed by atoms with Crippen molar-refractivity contribution in [1.29, 1.82) is 0 Å². The Hall–Kier alpha value is -1.78. The fourth-order valence-electron chi connectivity index (χ4n) is 1.09. The number of nitrogens with zero attached hydrogens (tertiary/aromatic N) is 1. The molecule has 1 aliphatic rings. The Balaban J connectivity index is 2.52. The SMILES string of the molecule is COC(=O)N1C=CC(CC(=O)O)C=C1. The lowest BCUT2D eigenvalue weighted by molar-refractivity contribution is -0.137. The third-order valence-electron chi connectivity index (χ3n) is 1.78. The molecular weight excluding hydrogens is 186 g/mol. The minimum Gasteiger partial charge on any atom is -0.481 e. The molecule has 76 valence electrons. The predicted molar refractivity (Wildman–Crippen MR) is 48.3 cm³/mol. The molecule has 0 aromatic heterocycles. The van der Waals surface area contributed by atoms with Crippen LogP contribution < -0.4 is 0 Å². The number of hydrogen-bond acceptors (Lipinski definition) is 3. The second kappa shape index (κ2) is 4.45. The van der Waals surface area contributed by atoms with Gasteiger partial charge < -0.3 is 9.84 Å². The Morgan fingerprint density at radius 1 is 1.43 bits per heavy atom. The summed E-state index contributed by atoms with van der Waals surface area (Å²) in [5.74, 6) is -1.02. The minimum atomic E-state index is -0.865. The molecule has 0 fully saturated rings. The molecule has 0 saturated carbocycles. The van der Waals surface area contributed by atoms with E-state index in [9.17, 15) is 9.59 Å². The number of hydrogen-bond donors (Lipinski definition) is 1. The van der Waals surface area contributed by atoms with Crippen molar-refractivity contribution in [2.45, 2.75) is 6.42 Å². The van der Waals surface area contributed by atoms with Crippen molar-refractivity contribution in [1.82, 2.24) is 4.90 Å². The lowest BCUT2D eigenvalue weighted by Gasteiger charge is -2.17. The molecule has 0 aromatic carbocycles. The van der Waals surface area contributed by atoms with Gasteiger partial charge in [0.25, 0.3) is 0 Å². The molecule has 1 heterocycles. The van der Waals surface area contributed by atoms with Crippen molar-refractivity contribution in [2.75, 3.05) is 7.11 Å². The zero-order valence-corrected chi connectivity index (χ0v) is 7.71. The quantitative estimate of drug-likeness (QED) is 0.721. The van der Waals surface area contributed by atoms with Crippen LogP contribution >= 0.6 is 0 Å². The maximum Gasteiger partial charge on any atom is 0.417 e. The highest BCUT2D eigenvalue weighted by atomic mass is 16.5. The summed E-state index contributed by atoms with van der Waals surface area (Å²) >= 11 is 0. The monoisotopic (exact) mass is 197 g/mol. The van der Waals surface area contributed by atoms with Gasteiger partial charge in [-0.05, 0) is 0 Å². The molecule has 1 rings (SSSR count). The fraction of sp³-hybridized carbons (Fsp3) is 0.333. The zero-order valence-electron chi connectivity index (χ0n) is 7.71. The largest absolute Gasteiger partial charge is 0.481 e. The van der Waals surface area contributed by atoms with Crippen molar-refractivity contribution in [3.8, 4) is 0 Å². The van der Waals surface area contributed by atoms with Gasteiger partial charge >= 0.3 is 12.1 Å². The molecule has 0 atom stereocenters. The highest BCUT2D eigenvalue weighted by Crippen LogP contribution is 2.14. The molecule has 5 heteroatoms. The van der Waals surface area contributed by atoms with Crippen LogP contribution in [0.4, 0.5) is 4.79 Å². The normalized spacial score (nSPS) is 15.6. The van der Waals surface area contributed by atoms with E-state index in [1.165, 1.54) is 24.4 Å². The first-order valence-corrected chi connectivity index (χ1v) is 4.08. The van der Waals surface area contributed by atoms with Crippen molar-refractivity contribution in [3.63, 3.8) is 0 Å². The molecule has 1 aliphatic heterocycles. The molecule has 0 bridgehead atoms. The molecule has 1 N–H and O–H groups in total. The molecule has 0 spiro atoms. The van der Waals surface area contributed by atoms with Crippen LogP contribution in [0.5, 0.6) is 0 Å². The summed E-state index contributed by atoms with van der Waals surface area (Å²) in [6.07, 6.45) is 5.82. The van der Waals surface area contributed by atoms with Gasteiger partial charge in [-0.15, -0.1) is 0 Å². The van der Waals surface area contributed by atoms with Gasteiger partial charge in [0.05, 0.1) is 13.5 Å². The summed E-state index contributed by atoms with van der Waals surface area (Å²) in [7, 11) is 1.29. The van der Waals surface area contributed by atoms with Gasteiger partial charge in [-0.3, -0.25) is 9.69 Å². The zero-order chi connectivity index (χ0) is 10.6. The molecule has 0 saturated heterocycles. The highest BCUT2D eigenvalue weighted by Gasteiger charge is 2.14. The maximum absolute atomic E-state index is 11.0. The van der Waals surface area contributed by atoms with E-state index in [-0.39, 0.29) is 12.3 Å². The molecule has 5 nitrogen and oxygen atoms in total. The number of amides is 1. The summed E-state index contributed by atoms with van der Waals surface area (Å²) in [5, 5.41) is 8.51. The van der Waals surface area contributed by atoms with Crippen LogP contribution in [0, 0.1) is 5.92 Å². The number of carboxylic acid groups (broad SMARTS) is 1. The summed E-state index contributed by atoms with van der Waals surface area (Å²) in [4.78, 5) is 22.6. The second-order valence-electron chi connectivity index (χ2n) is 2.82. The molecule has 0 unspecified atom stereocenters. The van der Waals surface area contributed by atoms with E-state index in [2.05, 4.69) is 4.74 Å². The lowest BCUT2D eigenvalue weighted by atomic mass is 10.0. The molecule has 0 radical (unpaired) electrons. The summed E-state index contributed by atoms with van der Waals surface area (Å²) in [5.41, 5.74) is 0.